The van der Waals surface area contributed by atoms with E-state index < -0.39 is 5.91 Å². The molecule has 21 heavy (non-hydrogen) atoms. The number of aryl methyl sites for hydroxylation is 2. The lowest BCUT2D eigenvalue weighted by molar-refractivity contribution is -0.118. The fraction of sp³-hybridized carbons (Fsp3) is 0.214. The van der Waals surface area contributed by atoms with Crippen LogP contribution >= 0.6 is 11.6 Å². The molecule has 0 saturated carbocycles. The van der Waals surface area contributed by atoms with Gasteiger partial charge in [-0.25, -0.2) is 0 Å². The van der Waals surface area contributed by atoms with Crippen LogP contribution in [0.1, 0.15) is 16.7 Å². The number of anilines is 1. The van der Waals surface area contributed by atoms with E-state index in [1.165, 1.54) is 6.20 Å². The Kier molecular flexibility index (Phi) is 4.45. The van der Waals surface area contributed by atoms with Gasteiger partial charge in [0.25, 0.3) is 5.91 Å². The second-order valence-corrected chi connectivity index (χ2v) is 4.91. The molecule has 0 radical (unpaired) electrons. The van der Waals surface area contributed by atoms with E-state index in [1.54, 1.807) is 6.07 Å². The Bertz CT molecular complexity index is 695. The van der Waals surface area contributed by atoms with E-state index in [0.29, 0.717) is 10.8 Å². The van der Waals surface area contributed by atoms with Crippen molar-refractivity contribution in [2.45, 2.75) is 13.8 Å². The molecule has 0 fully saturated rings. The molecule has 0 bridgehead atoms. The summed E-state index contributed by atoms with van der Waals surface area (Å²) in [6.07, 6.45) is 1.33. The number of rotatable bonds is 4. The monoisotopic (exact) mass is 304 g/mol. The number of hydrogen-bond donors (Lipinski definition) is 2. The quantitative estimate of drug-likeness (QED) is 0.908. The van der Waals surface area contributed by atoms with Gasteiger partial charge >= 0.3 is 0 Å². The number of carbonyl (C=O) groups is 1. The van der Waals surface area contributed by atoms with Crippen molar-refractivity contribution in [3.63, 3.8) is 0 Å². The summed E-state index contributed by atoms with van der Waals surface area (Å²) in [6, 6.07) is 5.60. The Hall–Kier alpha value is -2.52. The average molecular weight is 305 g/mol. The average Bonchev–Trinajstić information content (AvgIpc) is 2.84. The molecular weight excluding hydrogens is 292 g/mol. The maximum atomic E-state index is 11.8. The van der Waals surface area contributed by atoms with Crippen LogP contribution in [0.5, 0.6) is 5.75 Å². The number of carbonyl (C=O) groups excluding carboxylic acids is 1. The smallest absolute Gasteiger partial charge is 0.263 e. The third-order valence-electron chi connectivity index (χ3n) is 2.75. The van der Waals surface area contributed by atoms with E-state index in [4.69, 9.17) is 21.6 Å². The van der Waals surface area contributed by atoms with Crippen LogP contribution in [0.2, 0.25) is 5.02 Å². The normalized spacial score (nSPS) is 10.0. The first kappa shape index (κ1) is 14.9. The van der Waals surface area contributed by atoms with Crippen LogP contribution in [0.3, 0.4) is 0 Å². The topological polar surface area (TPSA) is 90.8 Å². The van der Waals surface area contributed by atoms with Gasteiger partial charge in [-0.15, -0.1) is 0 Å². The number of nitrogens with one attached hydrogen (secondary N) is 2. The summed E-state index contributed by atoms with van der Waals surface area (Å²) < 4.78 is 5.45. The molecule has 0 aliphatic carbocycles. The van der Waals surface area contributed by atoms with Crippen molar-refractivity contribution in [1.29, 1.82) is 5.26 Å². The molecule has 0 saturated heterocycles. The minimum absolute atomic E-state index is 0.215. The second-order valence-electron chi connectivity index (χ2n) is 4.50. The number of ether oxygens (including phenoxy) is 1. The van der Waals surface area contributed by atoms with Gasteiger partial charge in [-0.1, -0.05) is 17.7 Å². The zero-order valence-corrected chi connectivity index (χ0v) is 12.3. The van der Waals surface area contributed by atoms with E-state index in [-0.39, 0.29) is 18.0 Å². The summed E-state index contributed by atoms with van der Waals surface area (Å²) in [4.78, 5) is 11.8. The Morgan fingerprint density at radius 3 is 2.95 bits per heavy atom. The Morgan fingerprint density at radius 2 is 2.29 bits per heavy atom. The lowest BCUT2D eigenvalue weighted by Gasteiger charge is -2.11. The summed E-state index contributed by atoms with van der Waals surface area (Å²) in [7, 11) is 0. The number of hydrogen-bond acceptors (Lipinski definition) is 4. The van der Waals surface area contributed by atoms with Crippen molar-refractivity contribution in [1.82, 2.24) is 10.2 Å². The summed E-state index contributed by atoms with van der Waals surface area (Å²) in [5.41, 5.74) is 2.13. The highest BCUT2D eigenvalue weighted by atomic mass is 35.5. The van der Waals surface area contributed by atoms with E-state index in [0.717, 1.165) is 11.1 Å². The van der Waals surface area contributed by atoms with E-state index in [9.17, 15) is 4.79 Å². The van der Waals surface area contributed by atoms with Crippen molar-refractivity contribution in [3.05, 3.63) is 40.0 Å². The molecule has 2 rings (SSSR count). The van der Waals surface area contributed by atoms with Gasteiger partial charge < -0.3 is 10.1 Å². The third kappa shape index (κ3) is 3.52. The number of benzene rings is 1. The summed E-state index contributed by atoms with van der Waals surface area (Å²) in [5, 5.41) is 18.0. The van der Waals surface area contributed by atoms with Crippen LogP contribution in [-0.2, 0) is 4.79 Å². The van der Waals surface area contributed by atoms with Crippen LogP contribution in [0.15, 0.2) is 18.3 Å². The fourth-order valence-corrected chi connectivity index (χ4v) is 2.24. The molecule has 2 N–H and O–H groups in total. The van der Waals surface area contributed by atoms with Gasteiger partial charge in [-0.05, 0) is 31.0 Å². The summed E-state index contributed by atoms with van der Waals surface area (Å²) >= 11 is 6.09. The van der Waals surface area contributed by atoms with Crippen LogP contribution in [0.4, 0.5) is 5.82 Å². The van der Waals surface area contributed by atoms with Crippen molar-refractivity contribution < 1.29 is 9.53 Å². The van der Waals surface area contributed by atoms with Crippen LogP contribution in [-0.4, -0.2) is 22.7 Å². The largest absolute Gasteiger partial charge is 0.482 e. The van der Waals surface area contributed by atoms with Crippen molar-refractivity contribution >= 4 is 23.3 Å². The summed E-state index contributed by atoms with van der Waals surface area (Å²) in [6.45, 7) is 3.57. The van der Waals surface area contributed by atoms with Gasteiger partial charge in [0, 0.05) is 0 Å². The highest BCUT2D eigenvalue weighted by molar-refractivity contribution is 6.32. The molecular formula is C14H13ClN4O2. The molecule has 108 valence electrons. The van der Waals surface area contributed by atoms with Gasteiger partial charge in [0.1, 0.15) is 23.2 Å². The maximum absolute atomic E-state index is 11.8. The molecule has 1 amide bonds. The maximum Gasteiger partial charge on any atom is 0.263 e. The lowest BCUT2D eigenvalue weighted by Crippen LogP contribution is -2.21. The minimum atomic E-state index is -0.410. The minimum Gasteiger partial charge on any atom is -0.482 e. The zero-order valence-electron chi connectivity index (χ0n) is 11.5. The van der Waals surface area contributed by atoms with Gasteiger partial charge in [0.05, 0.1) is 11.2 Å². The Morgan fingerprint density at radius 1 is 1.52 bits per heavy atom. The first-order chi connectivity index (χ1) is 10.0. The molecule has 0 atom stereocenters. The molecule has 1 aromatic heterocycles. The highest BCUT2D eigenvalue weighted by Crippen LogP contribution is 2.29. The first-order valence-electron chi connectivity index (χ1n) is 6.14. The van der Waals surface area contributed by atoms with Crippen molar-refractivity contribution in [3.8, 4) is 11.8 Å². The molecule has 7 heteroatoms. The number of aromatic nitrogens is 2. The van der Waals surface area contributed by atoms with E-state index >= 15 is 0 Å². The van der Waals surface area contributed by atoms with Crippen LogP contribution in [0.25, 0.3) is 0 Å². The van der Waals surface area contributed by atoms with Gasteiger partial charge in [-0.3, -0.25) is 9.89 Å². The van der Waals surface area contributed by atoms with Crippen molar-refractivity contribution in [2.75, 3.05) is 11.9 Å². The number of nitriles is 1. The van der Waals surface area contributed by atoms with Crippen LogP contribution < -0.4 is 10.1 Å². The first-order valence-corrected chi connectivity index (χ1v) is 6.52. The van der Waals surface area contributed by atoms with E-state index in [2.05, 4.69) is 15.5 Å². The van der Waals surface area contributed by atoms with Crippen LogP contribution in [0, 0.1) is 25.2 Å². The molecule has 0 aliphatic rings. The van der Waals surface area contributed by atoms with Gasteiger partial charge in [0.15, 0.2) is 6.61 Å². The molecule has 6 nitrogen and oxygen atoms in total. The molecule has 1 heterocycles. The highest BCUT2D eigenvalue weighted by Gasteiger charge is 2.12. The SMILES string of the molecule is Cc1cc(C)c(OCC(=O)Nc2[nH]ncc2C#N)c(Cl)c1. The molecule has 2 aromatic rings. The third-order valence-corrected chi connectivity index (χ3v) is 3.03. The molecule has 1 aromatic carbocycles. The number of aromatic amines is 1. The van der Waals surface area contributed by atoms with Crippen molar-refractivity contribution in [2.24, 2.45) is 0 Å². The second kappa shape index (κ2) is 6.29. The predicted octanol–water partition coefficient (Wildman–Crippen LogP) is 2.57. The lowest BCUT2D eigenvalue weighted by atomic mass is 10.1. The van der Waals surface area contributed by atoms with Gasteiger partial charge in [-0.2, -0.15) is 10.4 Å². The Balaban J connectivity index is 2.01. The number of H-pyrrole nitrogens is 1. The number of halogens is 1. The number of amides is 1. The zero-order chi connectivity index (χ0) is 15.4. The summed E-state index contributed by atoms with van der Waals surface area (Å²) in [5.74, 6) is 0.312. The van der Waals surface area contributed by atoms with E-state index in [1.807, 2.05) is 26.0 Å². The Labute approximate surface area is 126 Å². The molecule has 0 spiro atoms. The molecule has 0 aliphatic heterocycles. The fourth-order valence-electron chi connectivity index (χ4n) is 1.86. The van der Waals surface area contributed by atoms with Gasteiger partial charge in [0.2, 0.25) is 0 Å². The standard InChI is InChI=1S/C14H13ClN4O2/c1-8-3-9(2)13(11(15)4-8)21-7-12(20)18-14-10(5-16)6-17-19-14/h3-4,6H,7H2,1-2H3,(H2,17,18,19,20). The molecule has 0 unspecified atom stereocenters. The predicted molar refractivity (Wildman–Crippen MR) is 78.4 cm³/mol. The number of nitrogens with zero attached hydrogens (tertiary/aromatic N) is 2.